The molecule has 8 amide bonds. The monoisotopic (exact) mass is 1140 g/mol. The Labute approximate surface area is 477 Å². The fourth-order valence-corrected chi connectivity index (χ4v) is 12.6. The van der Waals surface area contributed by atoms with Gasteiger partial charge in [0, 0.05) is 60.3 Å². The Balaban J connectivity index is 0.903. The van der Waals surface area contributed by atoms with E-state index in [1.165, 1.54) is 70.5 Å². The maximum absolute atomic E-state index is 14.9. The molecule has 0 bridgehead atoms. The molecule has 6 aliphatic rings. The minimum Gasteiger partial charge on any atom is -0.493 e. The largest absolute Gasteiger partial charge is 0.493 e. The fourth-order valence-electron chi connectivity index (χ4n) is 12.6. The second kappa shape index (κ2) is 26.8. The summed E-state index contributed by atoms with van der Waals surface area (Å²) in [5.74, 6) is -4.13. The number of halogens is 2. The molecular formula is C60H78F2N10O10. The summed E-state index contributed by atoms with van der Waals surface area (Å²) in [6.07, 6.45) is 9.13. The van der Waals surface area contributed by atoms with E-state index in [0.29, 0.717) is 61.2 Å². The van der Waals surface area contributed by atoms with Crippen molar-refractivity contribution in [3.8, 4) is 11.5 Å². The van der Waals surface area contributed by atoms with E-state index in [4.69, 9.17) is 9.47 Å². The summed E-state index contributed by atoms with van der Waals surface area (Å²) in [7, 11) is 3.30. The lowest BCUT2D eigenvalue weighted by Crippen LogP contribution is -2.58. The number of hydrogen-bond donors (Lipinski definition) is 8. The highest BCUT2D eigenvalue weighted by atomic mass is 19.1. The molecule has 442 valence electrons. The van der Waals surface area contributed by atoms with Crippen LogP contribution in [0.1, 0.15) is 148 Å². The van der Waals surface area contributed by atoms with Crippen molar-refractivity contribution < 1.29 is 56.6 Å². The zero-order valence-electron chi connectivity index (χ0n) is 47.2. The number of carbonyl (C=O) groups is 8. The Morgan fingerprint density at radius 1 is 0.512 bits per heavy atom. The number of likely N-dealkylation sites (N-methyl/N-ethyl adjacent to an activating group) is 2. The minimum absolute atomic E-state index is 0.0327. The predicted molar refractivity (Wildman–Crippen MR) is 298 cm³/mol. The molecule has 22 heteroatoms. The summed E-state index contributed by atoms with van der Waals surface area (Å²) in [4.78, 5) is 117. The van der Waals surface area contributed by atoms with E-state index >= 15 is 0 Å². The summed E-state index contributed by atoms with van der Waals surface area (Å²) in [5, 5.41) is 23.9. The zero-order chi connectivity index (χ0) is 58.2. The lowest BCUT2D eigenvalue weighted by molar-refractivity contribution is -0.143. The number of carbonyl (C=O) groups excluding carboxylic acids is 8. The maximum Gasteiger partial charge on any atom is 0.251 e. The molecule has 10 atom stereocenters. The van der Waals surface area contributed by atoms with Crippen molar-refractivity contribution in [3.63, 3.8) is 0 Å². The van der Waals surface area contributed by atoms with Crippen molar-refractivity contribution in [1.82, 2.24) is 52.3 Å². The molecule has 3 aromatic carbocycles. The first-order chi connectivity index (χ1) is 39.5. The Morgan fingerprint density at radius 2 is 0.890 bits per heavy atom. The second-order valence-electron chi connectivity index (χ2n) is 23.0. The molecule has 20 nitrogen and oxygen atoms in total. The second-order valence-corrected chi connectivity index (χ2v) is 23.0. The third-order valence-electron chi connectivity index (χ3n) is 17.5. The van der Waals surface area contributed by atoms with E-state index in [1.807, 2.05) is 0 Å². The number of nitrogens with zero attached hydrogens (tertiary/aromatic N) is 2. The highest BCUT2D eigenvalue weighted by Crippen LogP contribution is 2.37. The van der Waals surface area contributed by atoms with Crippen LogP contribution in [0.2, 0.25) is 0 Å². The van der Waals surface area contributed by atoms with Crippen LogP contribution in [0.25, 0.3) is 0 Å². The molecule has 0 radical (unpaired) electrons. The van der Waals surface area contributed by atoms with Gasteiger partial charge in [0.05, 0.1) is 37.4 Å². The highest BCUT2D eigenvalue weighted by Gasteiger charge is 2.47. The number of rotatable bonds is 18. The standard InChI is InChI=1S/C60H78F2N10O10/c1-33(63-3)53(73)69-51(35-11-7-5-8-12-35)59(79)71-31-41(29-47(71)57(77)67-45-23-25-81-49-21-19-39(61)27-43(45)49)65-55(75)37-15-17-38(18-16-37)56(76)66-42-30-48(58(78)68-46-24-26-82-50-22-20-40(62)28-44(46)50)72(32-42)60(80)52(36-13-9-6-10-14-36)70-54(74)34(2)64-4/h15-22,27-28,33-36,41-42,45-48,51-52,63-64H,5-14,23-26,29-32H2,1-4H3,(H,65,75)(H,66,76)(H,67,77)(H,68,78)(H,69,73)(H,70,74)/t33-,34-,41-,42-,45+,46+,47-,48?,51-,52-/m0/s1. The van der Waals surface area contributed by atoms with Gasteiger partial charge in [-0.1, -0.05) is 38.5 Å². The van der Waals surface area contributed by atoms with Crippen LogP contribution >= 0.6 is 0 Å². The first-order valence-electron chi connectivity index (χ1n) is 29.2. The number of hydrogen-bond acceptors (Lipinski definition) is 12. The van der Waals surface area contributed by atoms with Crippen LogP contribution < -0.4 is 52.0 Å². The number of fused-ring (bicyclic) bond motifs is 2. The van der Waals surface area contributed by atoms with Crippen molar-refractivity contribution in [1.29, 1.82) is 0 Å². The van der Waals surface area contributed by atoms with Gasteiger partial charge in [-0.2, -0.15) is 0 Å². The molecule has 4 aliphatic heterocycles. The molecule has 82 heavy (non-hydrogen) atoms. The van der Waals surface area contributed by atoms with Crippen molar-refractivity contribution in [3.05, 3.63) is 94.6 Å². The first kappa shape index (κ1) is 59.4. The van der Waals surface area contributed by atoms with Gasteiger partial charge in [0.1, 0.15) is 47.3 Å². The van der Waals surface area contributed by atoms with Crippen LogP contribution in [0.4, 0.5) is 8.78 Å². The average Bonchev–Trinajstić information content (AvgIpc) is 4.31. The zero-order valence-corrected chi connectivity index (χ0v) is 47.2. The number of benzene rings is 3. The van der Waals surface area contributed by atoms with Gasteiger partial charge in [-0.25, -0.2) is 8.78 Å². The summed E-state index contributed by atoms with van der Waals surface area (Å²) in [5.41, 5.74) is 1.30. The summed E-state index contributed by atoms with van der Waals surface area (Å²) in [6.45, 7) is 3.83. The van der Waals surface area contributed by atoms with Gasteiger partial charge in [-0.05, 0) is 139 Å². The molecular weight excluding hydrogens is 1060 g/mol. The molecule has 8 N–H and O–H groups in total. The molecule has 0 aromatic heterocycles. The Kier molecular flexibility index (Phi) is 19.4. The molecule has 3 aromatic rings. The topological polar surface area (TPSA) is 258 Å². The summed E-state index contributed by atoms with van der Waals surface area (Å²) >= 11 is 0. The van der Waals surface area contributed by atoms with E-state index < -0.39 is 107 Å². The lowest BCUT2D eigenvalue weighted by Gasteiger charge is -2.35. The van der Waals surface area contributed by atoms with E-state index in [-0.39, 0.29) is 73.9 Å². The number of ether oxygens (including phenoxy) is 2. The molecule has 0 spiro atoms. The third-order valence-corrected chi connectivity index (χ3v) is 17.5. The molecule has 4 heterocycles. The van der Waals surface area contributed by atoms with Crippen LogP contribution in [-0.4, -0.2) is 146 Å². The van der Waals surface area contributed by atoms with Gasteiger partial charge in [0.2, 0.25) is 35.4 Å². The van der Waals surface area contributed by atoms with Crippen LogP contribution in [0.5, 0.6) is 11.5 Å². The quantitative estimate of drug-likeness (QED) is 0.0900. The minimum atomic E-state index is -1.07. The van der Waals surface area contributed by atoms with E-state index in [2.05, 4.69) is 42.5 Å². The van der Waals surface area contributed by atoms with Gasteiger partial charge < -0.3 is 61.8 Å². The Bertz CT molecular complexity index is 2660. The molecule has 1 unspecified atom stereocenters. The normalized spacial score (nSPS) is 24.2. The van der Waals surface area contributed by atoms with Crippen molar-refractivity contribution in [2.75, 3.05) is 40.4 Å². The van der Waals surface area contributed by atoms with Crippen LogP contribution in [0, 0.1) is 23.5 Å². The molecule has 2 aliphatic carbocycles. The Morgan fingerprint density at radius 3 is 1.26 bits per heavy atom. The van der Waals surface area contributed by atoms with Crippen molar-refractivity contribution in [2.24, 2.45) is 11.8 Å². The number of nitrogens with one attached hydrogen (secondary N) is 8. The van der Waals surface area contributed by atoms with Crippen molar-refractivity contribution >= 4 is 47.3 Å². The summed E-state index contributed by atoms with van der Waals surface area (Å²) < 4.78 is 40.5. The smallest absolute Gasteiger partial charge is 0.251 e. The fraction of sp³-hybridized carbons (Fsp3) is 0.567. The third kappa shape index (κ3) is 13.8. The molecule has 2 saturated carbocycles. The highest BCUT2D eigenvalue weighted by molar-refractivity contribution is 5.99. The van der Waals surface area contributed by atoms with Gasteiger partial charge in [0.15, 0.2) is 0 Å². The van der Waals surface area contributed by atoms with E-state index in [0.717, 1.165) is 38.5 Å². The van der Waals surface area contributed by atoms with Crippen molar-refractivity contribution in [2.45, 2.75) is 164 Å². The molecule has 4 fully saturated rings. The van der Waals surface area contributed by atoms with Gasteiger partial charge in [-0.3, -0.25) is 38.4 Å². The van der Waals surface area contributed by atoms with E-state index in [9.17, 15) is 47.1 Å². The predicted octanol–water partition coefficient (Wildman–Crippen LogP) is 3.99. The van der Waals surface area contributed by atoms with Gasteiger partial charge in [0.25, 0.3) is 11.8 Å². The first-order valence-corrected chi connectivity index (χ1v) is 29.2. The average molecular weight is 1140 g/mol. The number of amides is 8. The van der Waals surface area contributed by atoms with Crippen LogP contribution in [0.3, 0.4) is 0 Å². The Hall–Kier alpha value is -7.20. The lowest BCUT2D eigenvalue weighted by atomic mass is 9.83. The van der Waals surface area contributed by atoms with Crippen LogP contribution in [-0.2, 0) is 28.8 Å². The molecule has 2 saturated heterocycles. The van der Waals surface area contributed by atoms with Crippen LogP contribution in [0.15, 0.2) is 60.7 Å². The van der Waals surface area contributed by atoms with Gasteiger partial charge >= 0.3 is 0 Å². The molecule has 9 rings (SSSR count). The van der Waals surface area contributed by atoms with Gasteiger partial charge in [-0.15, -0.1) is 0 Å². The summed E-state index contributed by atoms with van der Waals surface area (Å²) in [6, 6.07) is 6.27. The maximum atomic E-state index is 14.9. The number of likely N-dealkylation sites (tertiary alicyclic amines) is 2. The van der Waals surface area contributed by atoms with E-state index in [1.54, 1.807) is 27.9 Å². The SMILES string of the molecule is CN[C@@H](C)C(=O)N[C@H](C(=O)N1C[C@@H](NC(=O)c2ccc(C(=O)N[C@H]3C[C@@H](C(=O)N[C@@H]4CCOc5ccc(F)cc54)N(C(=O)[C@@H](NC(=O)[C@H](C)NC)C4CCCCC4)C3)cc2)CC1C(=O)N[C@@H]1CCOc2ccc(F)cc21)C1CCCCC1.